The quantitative estimate of drug-likeness (QED) is 0.338. The molecule has 0 aliphatic carbocycles. The molecule has 0 radical (unpaired) electrons. The molecule has 0 fully saturated rings. The first kappa shape index (κ1) is 23.2. The van der Waals surface area contributed by atoms with E-state index in [-0.39, 0.29) is 11.8 Å². The summed E-state index contributed by atoms with van der Waals surface area (Å²) in [5.74, 6) is 1.23. The lowest BCUT2D eigenvalue weighted by atomic mass is 10.1. The largest absolute Gasteiger partial charge is 0.487 e. The minimum absolute atomic E-state index is 0.238. The van der Waals surface area contributed by atoms with E-state index in [1.54, 1.807) is 48.8 Å². The van der Waals surface area contributed by atoms with Crippen molar-refractivity contribution in [3.05, 3.63) is 114 Å². The van der Waals surface area contributed by atoms with Gasteiger partial charge in [0.2, 0.25) is 11.8 Å². The molecule has 0 aliphatic rings. The van der Waals surface area contributed by atoms with Crippen LogP contribution >= 0.6 is 0 Å². The number of rotatable bonds is 8. The highest BCUT2D eigenvalue weighted by Gasteiger charge is 2.08. The van der Waals surface area contributed by atoms with Gasteiger partial charge in [-0.1, -0.05) is 18.2 Å². The predicted octanol–water partition coefficient (Wildman–Crippen LogP) is 5.68. The number of nitrogens with zero attached hydrogens (tertiary/aromatic N) is 3. The fourth-order valence-electron chi connectivity index (χ4n) is 3.17. The van der Waals surface area contributed by atoms with Crippen LogP contribution < -0.4 is 14.8 Å². The topological polar surface area (TPSA) is 97.1 Å². The van der Waals surface area contributed by atoms with E-state index in [1.165, 1.54) is 6.08 Å². The Morgan fingerprint density at radius 1 is 1.00 bits per heavy atom. The standard InChI is InChI=1S/C28H22N4O3/c1-20-17-25(35-28-22(18-29)5-4-16-31-28)12-13-26(20)32-27(33)14-9-21-7-10-24(11-8-21)34-19-23-6-2-3-15-30-23/h2-17H,19H2,1H3,(H,32,33)/b14-9+. The number of carbonyl (C=O) groups is 1. The summed E-state index contributed by atoms with van der Waals surface area (Å²) in [4.78, 5) is 20.7. The van der Waals surface area contributed by atoms with Gasteiger partial charge in [0.1, 0.15) is 29.7 Å². The molecule has 35 heavy (non-hydrogen) atoms. The molecule has 172 valence electrons. The van der Waals surface area contributed by atoms with Gasteiger partial charge in [0.25, 0.3) is 0 Å². The zero-order chi connectivity index (χ0) is 24.5. The van der Waals surface area contributed by atoms with Gasteiger partial charge < -0.3 is 14.8 Å². The Balaban J connectivity index is 1.32. The van der Waals surface area contributed by atoms with Crippen LogP contribution in [0.5, 0.6) is 17.4 Å². The summed E-state index contributed by atoms with van der Waals surface area (Å²) in [6, 6.07) is 23.7. The Hall–Kier alpha value is -4.96. The number of carbonyl (C=O) groups excluding carboxylic acids is 1. The third-order valence-electron chi connectivity index (χ3n) is 4.98. The maximum Gasteiger partial charge on any atom is 0.248 e. The van der Waals surface area contributed by atoms with Gasteiger partial charge in [-0.3, -0.25) is 9.78 Å². The van der Waals surface area contributed by atoms with E-state index in [4.69, 9.17) is 9.47 Å². The molecule has 0 saturated carbocycles. The average Bonchev–Trinajstić information content (AvgIpc) is 2.89. The van der Waals surface area contributed by atoms with Crippen molar-refractivity contribution >= 4 is 17.7 Å². The number of nitrogens with one attached hydrogen (secondary N) is 1. The second-order valence-corrected chi connectivity index (χ2v) is 7.55. The maximum atomic E-state index is 12.4. The van der Waals surface area contributed by atoms with Crippen LogP contribution in [0, 0.1) is 18.3 Å². The third-order valence-corrected chi connectivity index (χ3v) is 4.98. The van der Waals surface area contributed by atoms with Crippen LogP contribution in [-0.2, 0) is 11.4 Å². The minimum Gasteiger partial charge on any atom is -0.487 e. The Kier molecular flexibility index (Phi) is 7.46. The first-order valence-corrected chi connectivity index (χ1v) is 10.9. The van der Waals surface area contributed by atoms with Crippen LogP contribution in [0.2, 0.25) is 0 Å². The van der Waals surface area contributed by atoms with Gasteiger partial charge in [-0.15, -0.1) is 0 Å². The van der Waals surface area contributed by atoms with Gasteiger partial charge >= 0.3 is 0 Å². The summed E-state index contributed by atoms with van der Waals surface area (Å²) in [6.45, 7) is 2.25. The van der Waals surface area contributed by atoms with Crippen molar-refractivity contribution in [3.8, 4) is 23.4 Å². The molecule has 0 unspecified atom stereocenters. The van der Waals surface area contributed by atoms with Crippen LogP contribution in [0.15, 0.2) is 91.3 Å². The molecular formula is C28H22N4O3. The smallest absolute Gasteiger partial charge is 0.248 e. The Morgan fingerprint density at radius 3 is 2.54 bits per heavy atom. The fraction of sp³-hybridized carbons (Fsp3) is 0.0714. The molecule has 7 heteroatoms. The summed E-state index contributed by atoms with van der Waals surface area (Å²) in [7, 11) is 0. The molecule has 2 aromatic heterocycles. The van der Waals surface area contributed by atoms with Gasteiger partial charge in [0.05, 0.1) is 5.69 Å². The highest BCUT2D eigenvalue weighted by molar-refractivity contribution is 6.02. The Labute approximate surface area is 203 Å². The van der Waals surface area contributed by atoms with Gasteiger partial charge in [0.15, 0.2) is 0 Å². The molecule has 1 N–H and O–H groups in total. The number of aromatic nitrogens is 2. The van der Waals surface area contributed by atoms with Gasteiger partial charge in [-0.25, -0.2) is 4.98 Å². The molecule has 0 aliphatic heterocycles. The van der Waals surface area contributed by atoms with Crippen molar-refractivity contribution in [2.75, 3.05) is 5.32 Å². The van der Waals surface area contributed by atoms with Crippen molar-refractivity contribution in [2.45, 2.75) is 13.5 Å². The minimum atomic E-state index is -0.256. The number of nitriles is 1. The molecule has 2 heterocycles. The summed E-state index contributed by atoms with van der Waals surface area (Å²) >= 11 is 0. The zero-order valence-corrected chi connectivity index (χ0v) is 19.0. The summed E-state index contributed by atoms with van der Waals surface area (Å²) in [5, 5.41) is 12.0. The van der Waals surface area contributed by atoms with E-state index in [2.05, 4.69) is 15.3 Å². The lowest BCUT2D eigenvalue weighted by molar-refractivity contribution is -0.111. The lowest BCUT2D eigenvalue weighted by Crippen LogP contribution is -2.09. The second-order valence-electron chi connectivity index (χ2n) is 7.55. The van der Waals surface area contributed by atoms with Crippen molar-refractivity contribution in [2.24, 2.45) is 0 Å². The average molecular weight is 463 g/mol. The number of aryl methyl sites for hydroxylation is 1. The van der Waals surface area contributed by atoms with Crippen molar-refractivity contribution in [1.82, 2.24) is 9.97 Å². The van der Waals surface area contributed by atoms with E-state index >= 15 is 0 Å². The number of benzene rings is 2. The maximum absolute atomic E-state index is 12.4. The molecule has 0 bridgehead atoms. The fourth-order valence-corrected chi connectivity index (χ4v) is 3.17. The number of anilines is 1. The lowest BCUT2D eigenvalue weighted by Gasteiger charge is -2.10. The number of amides is 1. The normalized spacial score (nSPS) is 10.5. The van der Waals surface area contributed by atoms with Crippen LogP contribution in [0.4, 0.5) is 5.69 Å². The molecule has 4 rings (SSSR count). The molecule has 2 aromatic carbocycles. The Morgan fingerprint density at radius 2 is 1.80 bits per heavy atom. The van der Waals surface area contributed by atoms with Crippen LogP contribution in [0.3, 0.4) is 0 Å². The van der Waals surface area contributed by atoms with Gasteiger partial charge in [-0.05, 0) is 78.7 Å². The van der Waals surface area contributed by atoms with Gasteiger partial charge in [-0.2, -0.15) is 5.26 Å². The van der Waals surface area contributed by atoms with Gasteiger partial charge in [0, 0.05) is 24.2 Å². The second kappa shape index (κ2) is 11.3. The van der Waals surface area contributed by atoms with E-state index in [0.717, 1.165) is 22.6 Å². The third kappa shape index (κ3) is 6.53. The number of ether oxygens (including phenoxy) is 2. The Bertz CT molecular complexity index is 1380. The van der Waals surface area contributed by atoms with Crippen LogP contribution in [-0.4, -0.2) is 15.9 Å². The monoisotopic (exact) mass is 462 g/mol. The van der Waals surface area contributed by atoms with E-state index < -0.39 is 0 Å². The summed E-state index contributed by atoms with van der Waals surface area (Å²) in [5.41, 5.74) is 3.54. The highest BCUT2D eigenvalue weighted by atomic mass is 16.5. The first-order chi connectivity index (χ1) is 17.1. The van der Waals surface area contributed by atoms with Crippen LogP contribution in [0.1, 0.15) is 22.4 Å². The van der Waals surface area contributed by atoms with Crippen molar-refractivity contribution < 1.29 is 14.3 Å². The molecule has 0 atom stereocenters. The number of hydrogen-bond donors (Lipinski definition) is 1. The predicted molar refractivity (Wildman–Crippen MR) is 133 cm³/mol. The molecule has 4 aromatic rings. The first-order valence-electron chi connectivity index (χ1n) is 10.9. The summed E-state index contributed by atoms with van der Waals surface area (Å²) < 4.78 is 11.5. The number of hydrogen-bond acceptors (Lipinski definition) is 6. The molecule has 0 saturated heterocycles. The van der Waals surface area contributed by atoms with E-state index in [1.807, 2.05) is 55.5 Å². The van der Waals surface area contributed by atoms with Crippen molar-refractivity contribution in [3.63, 3.8) is 0 Å². The molecule has 0 spiro atoms. The molecular weight excluding hydrogens is 440 g/mol. The van der Waals surface area contributed by atoms with E-state index in [0.29, 0.717) is 23.6 Å². The SMILES string of the molecule is Cc1cc(Oc2ncccc2C#N)ccc1NC(=O)/C=C/c1ccc(OCc2ccccn2)cc1. The molecule has 7 nitrogen and oxygen atoms in total. The zero-order valence-electron chi connectivity index (χ0n) is 19.0. The number of pyridine rings is 2. The van der Waals surface area contributed by atoms with Crippen LogP contribution in [0.25, 0.3) is 6.08 Å². The van der Waals surface area contributed by atoms with Crippen molar-refractivity contribution in [1.29, 1.82) is 5.26 Å². The molecule has 1 amide bonds. The highest BCUT2D eigenvalue weighted by Crippen LogP contribution is 2.26. The van der Waals surface area contributed by atoms with E-state index in [9.17, 15) is 10.1 Å². The summed E-state index contributed by atoms with van der Waals surface area (Å²) in [6.07, 6.45) is 6.50.